The molecule has 0 spiro atoms. The number of thiol groups is 1. The zero-order valence-electron chi connectivity index (χ0n) is 16.0. The second-order valence-electron chi connectivity index (χ2n) is 7.16. The van der Waals surface area contributed by atoms with Gasteiger partial charge in [0, 0.05) is 57.7 Å². The molecule has 28 heavy (non-hydrogen) atoms. The molecule has 4 heterocycles. The first kappa shape index (κ1) is 19.2. The highest BCUT2D eigenvalue weighted by Crippen LogP contribution is 2.19. The number of nitrogens with zero attached hydrogens (tertiary/aromatic N) is 5. The number of nitrogens with one attached hydrogen (secondary N) is 2. The van der Waals surface area contributed by atoms with Crippen LogP contribution in [0.1, 0.15) is 24.1 Å². The molecule has 1 fully saturated rings. The first-order valence-electron chi connectivity index (χ1n) is 9.84. The summed E-state index contributed by atoms with van der Waals surface area (Å²) in [7, 11) is 0. The van der Waals surface area contributed by atoms with Gasteiger partial charge >= 0.3 is 0 Å². The molecule has 0 bridgehead atoms. The van der Waals surface area contributed by atoms with Crippen LogP contribution >= 0.6 is 12.6 Å². The average Bonchev–Trinajstić information content (AvgIpc) is 2.98. The SMILES string of the molecule is SC(N/N=C1/CCNc2cccnc21)N1CCCN(Cc2ccncc2)CC1. The standard InChI is InChI=1S/C20H27N7S/c28-20(25-24-18-6-10-22-17-3-1-7-23-19(17)18)27-12-2-11-26(13-14-27)15-16-4-8-21-9-5-16/h1,3-5,7-9,20,22,25,28H,2,6,10-15H2/b24-18-. The van der Waals surface area contributed by atoms with Crippen molar-refractivity contribution in [1.82, 2.24) is 25.2 Å². The van der Waals surface area contributed by atoms with Gasteiger partial charge in [0.2, 0.25) is 0 Å². The summed E-state index contributed by atoms with van der Waals surface area (Å²) in [6.07, 6.45) is 7.51. The molecule has 1 unspecified atom stereocenters. The van der Waals surface area contributed by atoms with Gasteiger partial charge in [0.05, 0.1) is 11.4 Å². The summed E-state index contributed by atoms with van der Waals surface area (Å²) < 4.78 is 0. The van der Waals surface area contributed by atoms with E-state index in [4.69, 9.17) is 12.6 Å². The number of pyridine rings is 2. The van der Waals surface area contributed by atoms with Gasteiger partial charge in [-0.05, 0) is 42.8 Å². The molecule has 2 aromatic heterocycles. The number of aromatic nitrogens is 2. The maximum atomic E-state index is 4.76. The van der Waals surface area contributed by atoms with Crippen molar-refractivity contribution in [3.8, 4) is 0 Å². The molecule has 1 atom stereocenters. The van der Waals surface area contributed by atoms with Crippen molar-refractivity contribution >= 4 is 24.0 Å². The lowest BCUT2D eigenvalue weighted by Gasteiger charge is -2.27. The predicted molar refractivity (Wildman–Crippen MR) is 115 cm³/mol. The number of rotatable bonds is 5. The van der Waals surface area contributed by atoms with Gasteiger partial charge in [-0.3, -0.25) is 25.2 Å². The zero-order valence-corrected chi connectivity index (χ0v) is 16.9. The number of anilines is 1. The number of hydrogen-bond acceptors (Lipinski definition) is 8. The minimum absolute atomic E-state index is 0.101. The van der Waals surface area contributed by atoms with Crippen LogP contribution in [0.2, 0.25) is 0 Å². The van der Waals surface area contributed by atoms with Crippen LogP contribution in [-0.4, -0.2) is 63.7 Å². The molecule has 2 N–H and O–H groups in total. The fraction of sp³-hybridized carbons (Fsp3) is 0.450. The van der Waals surface area contributed by atoms with Crippen molar-refractivity contribution in [2.24, 2.45) is 5.10 Å². The van der Waals surface area contributed by atoms with Crippen molar-refractivity contribution in [3.05, 3.63) is 54.1 Å². The Labute approximate surface area is 171 Å². The summed E-state index contributed by atoms with van der Waals surface area (Å²) in [6.45, 7) is 5.94. The quantitative estimate of drug-likeness (QED) is 0.407. The lowest BCUT2D eigenvalue weighted by Crippen LogP contribution is -2.42. The molecular weight excluding hydrogens is 370 g/mol. The monoisotopic (exact) mass is 397 g/mol. The molecule has 1 saturated heterocycles. The Morgan fingerprint density at radius 1 is 1.14 bits per heavy atom. The molecular formula is C20H27N7S. The minimum atomic E-state index is -0.101. The highest BCUT2D eigenvalue weighted by Gasteiger charge is 2.21. The summed E-state index contributed by atoms with van der Waals surface area (Å²) in [5.74, 6) is 0. The summed E-state index contributed by atoms with van der Waals surface area (Å²) in [6, 6.07) is 8.17. The van der Waals surface area contributed by atoms with Crippen LogP contribution in [0.25, 0.3) is 0 Å². The lowest BCUT2D eigenvalue weighted by atomic mass is 10.1. The molecule has 4 rings (SSSR count). The molecule has 7 nitrogen and oxygen atoms in total. The summed E-state index contributed by atoms with van der Waals surface area (Å²) in [5, 5.41) is 8.01. The Hall–Kier alpha value is -2.16. The molecule has 0 radical (unpaired) electrons. The maximum absolute atomic E-state index is 4.76. The minimum Gasteiger partial charge on any atom is -0.383 e. The van der Waals surface area contributed by atoms with Crippen LogP contribution in [-0.2, 0) is 6.54 Å². The van der Waals surface area contributed by atoms with E-state index in [9.17, 15) is 0 Å². The maximum Gasteiger partial charge on any atom is 0.141 e. The van der Waals surface area contributed by atoms with Crippen molar-refractivity contribution in [2.75, 3.05) is 38.0 Å². The van der Waals surface area contributed by atoms with Crippen molar-refractivity contribution in [1.29, 1.82) is 0 Å². The Balaban J connectivity index is 1.32. The van der Waals surface area contributed by atoms with E-state index in [1.165, 1.54) is 5.56 Å². The van der Waals surface area contributed by atoms with E-state index in [2.05, 4.69) is 47.7 Å². The third kappa shape index (κ3) is 4.81. The van der Waals surface area contributed by atoms with Gasteiger partial charge in [-0.15, -0.1) is 12.6 Å². The highest BCUT2D eigenvalue weighted by molar-refractivity contribution is 7.80. The smallest absolute Gasteiger partial charge is 0.141 e. The van der Waals surface area contributed by atoms with Gasteiger partial charge in [-0.2, -0.15) is 5.10 Å². The molecule has 148 valence electrons. The molecule has 2 aliphatic heterocycles. The molecule has 0 saturated carbocycles. The van der Waals surface area contributed by atoms with E-state index in [1.54, 1.807) is 0 Å². The fourth-order valence-electron chi connectivity index (χ4n) is 3.68. The van der Waals surface area contributed by atoms with Crippen LogP contribution in [0.3, 0.4) is 0 Å². The summed E-state index contributed by atoms with van der Waals surface area (Å²) in [4.78, 5) is 13.4. The lowest BCUT2D eigenvalue weighted by molar-refractivity contribution is 0.225. The third-order valence-electron chi connectivity index (χ3n) is 5.20. The molecule has 2 aromatic rings. The summed E-state index contributed by atoms with van der Waals surface area (Å²) >= 11 is 4.76. The molecule has 0 aliphatic carbocycles. The number of fused-ring (bicyclic) bond motifs is 1. The molecule has 8 heteroatoms. The normalized spacial score (nSPS) is 20.8. The third-order valence-corrected chi connectivity index (χ3v) is 5.64. The van der Waals surface area contributed by atoms with E-state index in [0.717, 1.165) is 69.2 Å². The molecule has 0 aromatic carbocycles. The van der Waals surface area contributed by atoms with Crippen LogP contribution in [0.4, 0.5) is 5.69 Å². The van der Waals surface area contributed by atoms with Crippen LogP contribution in [0.15, 0.2) is 48.0 Å². The summed E-state index contributed by atoms with van der Waals surface area (Å²) in [5.41, 5.74) is 7.42. The fourth-order valence-corrected chi connectivity index (χ4v) is 3.97. The first-order chi connectivity index (χ1) is 13.8. The average molecular weight is 398 g/mol. The largest absolute Gasteiger partial charge is 0.383 e. The predicted octanol–water partition coefficient (Wildman–Crippen LogP) is 2.01. The Bertz CT molecular complexity index is 798. The zero-order chi connectivity index (χ0) is 19.2. The van der Waals surface area contributed by atoms with Gasteiger partial charge < -0.3 is 5.32 Å². The van der Waals surface area contributed by atoms with Crippen molar-refractivity contribution in [2.45, 2.75) is 24.9 Å². The molecule has 2 aliphatic rings. The van der Waals surface area contributed by atoms with Crippen LogP contribution in [0.5, 0.6) is 0 Å². The van der Waals surface area contributed by atoms with Gasteiger partial charge in [0.25, 0.3) is 0 Å². The van der Waals surface area contributed by atoms with E-state index in [-0.39, 0.29) is 5.50 Å². The van der Waals surface area contributed by atoms with Crippen LogP contribution < -0.4 is 10.7 Å². The van der Waals surface area contributed by atoms with E-state index in [1.807, 2.05) is 30.7 Å². The number of hydrogen-bond donors (Lipinski definition) is 3. The molecule has 0 amide bonds. The Kier molecular flexibility index (Phi) is 6.41. The Morgan fingerprint density at radius 3 is 2.93 bits per heavy atom. The van der Waals surface area contributed by atoms with E-state index >= 15 is 0 Å². The topological polar surface area (TPSA) is 68.7 Å². The van der Waals surface area contributed by atoms with Gasteiger partial charge in [0.15, 0.2) is 0 Å². The highest BCUT2D eigenvalue weighted by atomic mass is 32.1. The van der Waals surface area contributed by atoms with Gasteiger partial charge in [0.1, 0.15) is 11.2 Å². The van der Waals surface area contributed by atoms with Gasteiger partial charge in [-0.1, -0.05) is 0 Å². The first-order valence-corrected chi connectivity index (χ1v) is 10.4. The Morgan fingerprint density at radius 2 is 2.04 bits per heavy atom. The van der Waals surface area contributed by atoms with E-state index < -0.39 is 0 Å². The van der Waals surface area contributed by atoms with Gasteiger partial charge in [-0.25, -0.2) is 0 Å². The van der Waals surface area contributed by atoms with E-state index in [0.29, 0.717) is 0 Å². The van der Waals surface area contributed by atoms with Crippen LogP contribution in [0, 0.1) is 0 Å². The second-order valence-corrected chi connectivity index (χ2v) is 7.65. The second kappa shape index (κ2) is 9.36. The van der Waals surface area contributed by atoms with Crippen molar-refractivity contribution < 1.29 is 0 Å². The number of hydrazone groups is 1. The van der Waals surface area contributed by atoms with Crippen molar-refractivity contribution in [3.63, 3.8) is 0 Å².